The van der Waals surface area contributed by atoms with E-state index in [9.17, 15) is 5.11 Å². The van der Waals surface area contributed by atoms with Gasteiger partial charge in [-0.05, 0) is 41.7 Å². The molecule has 1 N–H and O–H groups in total. The van der Waals surface area contributed by atoms with Gasteiger partial charge in [-0.2, -0.15) is 0 Å². The van der Waals surface area contributed by atoms with Crippen molar-refractivity contribution in [1.82, 2.24) is 0 Å². The summed E-state index contributed by atoms with van der Waals surface area (Å²) in [4.78, 5) is 0. The molecule has 1 unspecified atom stereocenters. The van der Waals surface area contributed by atoms with Gasteiger partial charge in [0.15, 0.2) is 11.5 Å². The summed E-state index contributed by atoms with van der Waals surface area (Å²) in [6, 6.07) is 9.99. The SMILES string of the molecule is COc1ccc(-c2cccc3c2CCC3O)c(OCC2(C)COC2)c1OC. The summed E-state index contributed by atoms with van der Waals surface area (Å²) in [5, 5.41) is 10.3. The fourth-order valence-corrected chi connectivity index (χ4v) is 3.92. The highest BCUT2D eigenvalue weighted by molar-refractivity contribution is 5.79. The molecule has 0 saturated carbocycles. The molecule has 2 aliphatic rings. The van der Waals surface area contributed by atoms with Gasteiger partial charge in [0.05, 0.1) is 40.1 Å². The summed E-state index contributed by atoms with van der Waals surface area (Å²) < 4.78 is 22.8. The molecule has 1 aliphatic carbocycles. The smallest absolute Gasteiger partial charge is 0.203 e. The fourth-order valence-electron chi connectivity index (χ4n) is 3.92. The first-order valence-electron chi connectivity index (χ1n) is 9.32. The largest absolute Gasteiger partial charge is 0.493 e. The minimum absolute atomic E-state index is 0.0141. The number of methoxy groups -OCH3 is 2. The third-order valence-electron chi connectivity index (χ3n) is 5.50. The Kier molecular flexibility index (Phi) is 4.74. The lowest BCUT2D eigenvalue weighted by molar-refractivity contribution is -0.120. The summed E-state index contributed by atoms with van der Waals surface area (Å²) in [7, 11) is 3.25. The monoisotopic (exact) mass is 370 g/mol. The molecule has 0 amide bonds. The lowest BCUT2D eigenvalue weighted by Crippen LogP contribution is -2.44. The Morgan fingerprint density at radius 1 is 1.07 bits per heavy atom. The highest BCUT2D eigenvalue weighted by Gasteiger charge is 2.35. The number of hydrogen-bond donors (Lipinski definition) is 1. The second-order valence-corrected chi connectivity index (χ2v) is 7.70. The third-order valence-corrected chi connectivity index (χ3v) is 5.50. The Labute approximate surface area is 159 Å². The molecule has 27 heavy (non-hydrogen) atoms. The molecule has 4 rings (SSSR count). The fraction of sp³-hybridized carbons (Fsp3) is 0.455. The predicted octanol–water partition coefficient (Wildman–Crippen LogP) is 3.77. The average Bonchev–Trinajstić information content (AvgIpc) is 3.05. The van der Waals surface area contributed by atoms with Gasteiger partial charge in [0.25, 0.3) is 0 Å². The molecule has 1 saturated heterocycles. The van der Waals surface area contributed by atoms with Crippen molar-refractivity contribution in [2.45, 2.75) is 25.9 Å². The summed E-state index contributed by atoms with van der Waals surface area (Å²) in [6.07, 6.45) is 1.22. The molecule has 0 bridgehead atoms. The van der Waals surface area contributed by atoms with Gasteiger partial charge in [0.2, 0.25) is 5.75 Å². The first-order chi connectivity index (χ1) is 13.1. The molecular formula is C22H26O5. The van der Waals surface area contributed by atoms with E-state index in [1.807, 2.05) is 24.3 Å². The van der Waals surface area contributed by atoms with Crippen LogP contribution in [-0.2, 0) is 11.2 Å². The van der Waals surface area contributed by atoms with E-state index in [1.165, 1.54) is 5.56 Å². The van der Waals surface area contributed by atoms with Gasteiger partial charge in [-0.15, -0.1) is 0 Å². The Hall–Kier alpha value is -2.24. The minimum Gasteiger partial charge on any atom is -0.493 e. The van der Waals surface area contributed by atoms with Crippen LogP contribution in [0.2, 0.25) is 0 Å². The van der Waals surface area contributed by atoms with E-state index in [2.05, 4.69) is 13.0 Å². The van der Waals surface area contributed by atoms with Crippen molar-refractivity contribution in [1.29, 1.82) is 0 Å². The second-order valence-electron chi connectivity index (χ2n) is 7.70. The van der Waals surface area contributed by atoms with Crippen molar-refractivity contribution >= 4 is 0 Å². The number of benzene rings is 2. The highest BCUT2D eigenvalue weighted by atomic mass is 16.5. The maximum absolute atomic E-state index is 10.3. The van der Waals surface area contributed by atoms with Crippen LogP contribution in [0.15, 0.2) is 30.3 Å². The van der Waals surface area contributed by atoms with E-state index in [-0.39, 0.29) is 5.41 Å². The molecule has 0 aromatic heterocycles. The third kappa shape index (κ3) is 3.15. The van der Waals surface area contributed by atoms with Crippen LogP contribution >= 0.6 is 0 Å². The van der Waals surface area contributed by atoms with Gasteiger partial charge >= 0.3 is 0 Å². The topological polar surface area (TPSA) is 57.2 Å². The Morgan fingerprint density at radius 3 is 2.56 bits per heavy atom. The molecule has 2 aromatic carbocycles. The van der Waals surface area contributed by atoms with Crippen LogP contribution in [0.3, 0.4) is 0 Å². The minimum atomic E-state index is -0.393. The number of ether oxygens (including phenoxy) is 4. The first-order valence-corrected chi connectivity index (χ1v) is 9.32. The highest BCUT2D eigenvalue weighted by Crippen LogP contribution is 2.48. The summed E-state index contributed by atoms with van der Waals surface area (Å²) >= 11 is 0. The average molecular weight is 370 g/mol. The van der Waals surface area contributed by atoms with Gasteiger partial charge in [-0.25, -0.2) is 0 Å². The number of fused-ring (bicyclic) bond motifs is 1. The van der Waals surface area contributed by atoms with Crippen LogP contribution in [-0.4, -0.2) is 39.1 Å². The lowest BCUT2D eigenvalue weighted by atomic mass is 9.90. The number of hydrogen-bond acceptors (Lipinski definition) is 5. The number of aliphatic hydroxyl groups is 1. The van der Waals surface area contributed by atoms with Crippen molar-refractivity contribution < 1.29 is 24.1 Å². The maximum Gasteiger partial charge on any atom is 0.203 e. The van der Waals surface area contributed by atoms with Gasteiger partial charge < -0.3 is 24.1 Å². The predicted molar refractivity (Wildman–Crippen MR) is 103 cm³/mol. The van der Waals surface area contributed by atoms with E-state index in [0.29, 0.717) is 37.1 Å². The van der Waals surface area contributed by atoms with Crippen LogP contribution in [0.5, 0.6) is 17.2 Å². The first kappa shape index (κ1) is 18.1. The molecule has 2 aromatic rings. The van der Waals surface area contributed by atoms with Crippen LogP contribution < -0.4 is 14.2 Å². The zero-order valence-electron chi connectivity index (χ0n) is 16.1. The van der Waals surface area contributed by atoms with Crippen molar-refractivity contribution in [3.05, 3.63) is 41.5 Å². The van der Waals surface area contributed by atoms with Gasteiger partial charge in [0.1, 0.15) is 0 Å². The van der Waals surface area contributed by atoms with Crippen molar-refractivity contribution in [2.24, 2.45) is 5.41 Å². The van der Waals surface area contributed by atoms with E-state index in [4.69, 9.17) is 18.9 Å². The van der Waals surface area contributed by atoms with E-state index in [1.54, 1.807) is 14.2 Å². The summed E-state index contributed by atoms with van der Waals surface area (Å²) in [5.74, 6) is 1.91. The lowest BCUT2D eigenvalue weighted by Gasteiger charge is -2.37. The molecule has 5 nitrogen and oxygen atoms in total. The van der Waals surface area contributed by atoms with Crippen LogP contribution in [0.1, 0.15) is 30.6 Å². The van der Waals surface area contributed by atoms with Crippen molar-refractivity contribution in [2.75, 3.05) is 34.0 Å². The molecular weight excluding hydrogens is 344 g/mol. The zero-order valence-corrected chi connectivity index (χ0v) is 16.1. The van der Waals surface area contributed by atoms with Gasteiger partial charge in [0, 0.05) is 11.0 Å². The summed E-state index contributed by atoms with van der Waals surface area (Å²) in [6.45, 7) is 4.09. The number of aliphatic hydroxyl groups excluding tert-OH is 1. The normalized spacial score (nSPS) is 19.9. The van der Waals surface area contributed by atoms with E-state index in [0.717, 1.165) is 29.5 Å². The zero-order chi connectivity index (χ0) is 19.0. The maximum atomic E-state index is 10.3. The van der Waals surface area contributed by atoms with Crippen LogP contribution in [0.4, 0.5) is 0 Å². The van der Waals surface area contributed by atoms with E-state index < -0.39 is 6.10 Å². The molecule has 144 valence electrons. The molecule has 1 aliphatic heterocycles. The standard InChI is InChI=1S/C22H26O5/c1-22(11-26-12-22)13-27-20-17(8-10-19(24-2)21(20)25-3)14-5-4-6-16-15(14)7-9-18(16)23/h4-6,8,10,18,23H,7,9,11-13H2,1-3H3. The Balaban J connectivity index is 1.80. The van der Waals surface area contributed by atoms with Crippen LogP contribution in [0, 0.1) is 5.41 Å². The molecule has 1 heterocycles. The van der Waals surface area contributed by atoms with Gasteiger partial charge in [-0.1, -0.05) is 25.1 Å². The molecule has 0 radical (unpaired) electrons. The van der Waals surface area contributed by atoms with Crippen molar-refractivity contribution in [3.63, 3.8) is 0 Å². The summed E-state index contributed by atoms with van der Waals surface area (Å²) in [5.41, 5.74) is 4.24. The Morgan fingerprint density at radius 2 is 1.89 bits per heavy atom. The molecule has 0 spiro atoms. The number of rotatable bonds is 6. The van der Waals surface area contributed by atoms with Crippen molar-refractivity contribution in [3.8, 4) is 28.4 Å². The molecule has 1 fully saturated rings. The quantitative estimate of drug-likeness (QED) is 0.839. The second kappa shape index (κ2) is 7.06. The molecule has 1 atom stereocenters. The van der Waals surface area contributed by atoms with Gasteiger partial charge in [-0.3, -0.25) is 0 Å². The van der Waals surface area contributed by atoms with E-state index >= 15 is 0 Å². The Bertz CT molecular complexity index is 841. The molecule has 5 heteroatoms. The van der Waals surface area contributed by atoms with Crippen LogP contribution in [0.25, 0.3) is 11.1 Å².